The summed E-state index contributed by atoms with van der Waals surface area (Å²) in [5.41, 5.74) is 0.954. The Kier molecular flexibility index (Phi) is 6.83. The number of piperazine rings is 1. The number of rotatable bonds is 4. The molecule has 8 nitrogen and oxygen atoms in total. The number of sulfonamides is 1. The number of amides is 2. The molecule has 2 aliphatic heterocycles. The maximum atomic E-state index is 13.2. The van der Waals surface area contributed by atoms with Gasteiger partial charge in [-0.2, -0.15) is 4.31 Å². The minimum atomic E-state index is -3.74. The van der Waals surface area contributed by atoms with Gasteiger partial charge in [0.05, 0.1) is 17.1 Å². The van der Waals surface area contributed by atoms with Gasteiger partial charge < -0.3 is 14.5 Å². The molecule has 0 unspecified atom stereocenters. The van der Waals surface area contributed by atoms with Crippen LogP contribution in [0.25, 0.3) is 0 Å². The molecular formula is C24H29N3O5S. The SMILES string of the molecule is C[C@H]1CN(S(=O)(=O)c2cccc(C(=O)N3CCN(C(=O)c4ccccc4)CC3)c2)C[C@H](C)O1. The lowest BCUT2D eigenvalue weighted by molar-refractivity contribution is -0.0440. The van der Waals surface area contributed by atoms with Crippen molar-refractivity contribution < 1.29 is 22.7 Å². The Bertz CT molecular complexity index is 1100. The Morgan fingerprint density at radius 1 is 0.788 bits per heavy atom. The first-order valence-corrected chi connectivity index (χ1v) is 12.6. The highest BCUT2D eigenvalue weighted by Gasteiger charge is 2.33. The van der Waals surface area contributed by atoms with E-state index in [0.717, 1.165) is 0 Å². The van der Waals surface area contributed by atoms with Gasteiger partial charge in [-0.05, 0) is 44.2 Å². The standard InChI is InChI=1S/C24H29N3O5S/c1-18-16-27(17-19(2)32-18)33(30,31)22-10-6-9-21(15-22)24(29)26-13-11-25(12-14-26)23(28)20-7-4-3-5-8-20/h3-10,15,18-19H,11-14,16-17H2,1-2H3/t18-,19-/m0/s1. The number of hydrogen-bond acceptors (Lipinski definition) is 5. The highest BCUT2D eigenvalue weighted by Crippen LogP contribution is 2.23. The van der Waals surface area contributed by atoms with Gasteiger partial charge in [-0.15, -0.1) is 0 Å². The van der Waals surface area contributed by atoms with Gasteiger partial charge in [-0.25, -0.2) is 8.42 Å². The summed E-state index contributed by atoms with van der Waals surface area (Å²) in [4.78, 5) is 29.2. The van der Waals surface area contributed by atoms with E-state index in [1.807, 2.05) is 32.0 Å². The van der Waals surface area contributed by atoms with Crippen LogP contribution in [0.4, 0.5) is 0 Å². The summed E-state index contributed by atoms with van der Waals surface area (Å²) < 4.78 is 33.4. The van der Waals surface area contributed by atoms with Gasteiger partial charge in [0, 0.05) is 50.4 Å². The van der Waals surface area contributed by atoms with Crippen molar-refractivity contribution in [2.45, 2.75) is 31.0 Å². The number of benzene rings is 2. The molecule has 0 aromatic heterocycles. The fraction of sp³-hybridized carbons (Fsp3) is 0.417. The molecular weight excluding hydrogens is 442 g/mol. The summed E-state index contributed by atoms with van der Waals surface area (Å²) >= 11 is 0. The van der Waals surface area contributed by atoms with E-state index in [2.05, 4.69) is 0 Å². The van der Waals surface area contributed by atoms with Crippen molar-refractivity contribution in [1.29, 1.82) is 0 Å². The van der Waals surface area contributed by atoms with Crippen LogP contribution in [-0.2, 0) is 14.8 Å². The van der Waals surface area contributed by atoms with Gasteiger partial charge in [0.25, 0.3) is 11.8 Å². The van der Waals surface area contributed by atoms with E-state index in [1.165, 1.54) is 16.4 Å². The fourth-order valence-electron chi connectivity index (χ4n) is 4.32. The minimum Gasteiger partial charge on any atom is -0.373 e. The highest BCUT2D eigenvalue weighted by molar-refractivity contribution is 7.89. The molecule has 0 saturated carbocycles. The van der Waals surface area contributed by atoms with Crippen molar-refractivity contribution in [3.8, 4) is 0 Å². The number of nitrogens with zero attached hydrogens (tertiary/aromatic N) is 3. The largest absolute Gasteiger partial charge is 0.373 e. The van der Waals surface area contributed by atoms with Crippen LogP contribution < -0.4 is 0 Å². The van der Waals surface area contributed by atoms with Crippen molar-refractivity contribution in [3.05, 3.63) is 65.7 Å². The van der Waals surface area contributed by atoms with Gasteiger partial charge in [0.2, 0.25) is 10.0 Å². The molecule has 0 radical (unpaired) electrons. The van der Waals surface area contributed by atoms with E-state index in [0.29, 0.717) is 37.3 Å². The van der Waals surface area contributed by atoms with E-state index >= 15 is 0 Å². The van der Waals surface area contributed by atoms with Gasteiger partial charge in [-0.1, -0.05) is 24.3 Å². The van der Waals surface area contributed by atoms with E-state index in [-0.39, 0.29) is 42.0 Å². The molecule has 2 saturated heterocycles. The van der Waals surface area contributed by atoms with Crippen LogP contribution in [0.3, 0.4) is 0 Å². The van der Waals surface area contributed by atoms with Crippen LogP contribution in [0.1, 0.15) is 34.6 Å². The smallest absolute Gasteiger partial charge is 0.254 e. The monoisotopic (exact) mass is 471 g/mol. The average Bonchev–Trinajstić information content (AvgIpc) is 2.83. The van der Waals surface area contributed by atoms with Crippen LogP contribution in [0.2, 0.25) is 0 Å². The molecule has 2 aromatic rings. The van der Waals surface area contributed by atoms with Crippen LogP contribution in [0.15, 0.2) is 59.5 Å². The third-order valence-electron chi connectivity index (χ3n) is 5.98. The normalized spacial score (nSPS) is 22.2. The number of carbonyl (C=O) groups excluding carboxylic acids is 2. The van der Waals surface area contributed by atoms with Gasteiger partial charge in [-0.3, -0.25) is 9.59 Å². The molecule has 2 aliphatic rings. The zero-order valence-corrected chi connectivity index (χ0v) is 19.7. The molecule has 0 bridgehead atoms. The molecule has 4 rings (SSSR count). The van der Waals surface area contributed by atoms with Crippen LogP contribution in [-0.4, -0.2) is 85.8 Å². The van der Waals surface area contributed by atoms with Crippen LogP contribution in [0.5, 0.6) is 0 Å². The lowest BCUT2D eigenvalue weighted by atomic mass is 10.1. The van der Waals surface area contributed by atoms with Crippen molar-refractivity contribution in [2.24, 2.45) is 0 Å². The molecule has 176 valence electrons. The quantitative estimate of drug-likeness (QED) is 0.682. The second-order valence-electron chi connectivity index (χ2n) is 8.56. The first-order valence-electron chi connectivity index (χ1n) is 11.1. The third kappa shape index (κ3) is 5.10. The minimum absolute atomic E-state index is 0.0512. The van der Waals surface area contributed by atoms with E-state index in [9.17, 15) is 18.0 Å². The summed E-state index contributed by atoms with van der Waals surface area (Å²) in [5, 5.41) is 0. The van der Waals surface area contributed by atoms with Crippen molar-refractivity contribution in [1.82, 2.24) is 14.1 Å². The van der Waals surface area contributed by atoms with Crippen LogP contribution in [0, 0.1) is 0 Å². The predicted molar refractivity (Wildman–Crippen MR) is 123 cm³/mol. The Balaban J connectivity index is 1.44. The Morgan fingerprint density at radius 3 is 1.88 bits per heavy atom. The molecule has 0 spiro atoms. The van der Waals surface area contributed by atoms with Gasteiger partial charge >= 0.3 is 0 Å². The van der Waals surface area contributed by atoms with Crippen molar-refractivity contribution in [2.75, 3.05) is 39.3 Å². The number of ether oxygens (including phenoxy) is 1. The van der Waals surface area contributed by atoms with Crippen molar-refractivity contribution >= 4 is 21.8 Å². The number of morpholine rings is 1. The van der Waals surface area contributed by atoms with Gasteiger partial charge in [0.1, 0.15) is 0 Å². The maximum absolute atomic E-state index is 13.2. The van der Waals surface area contributed by atoms with Gasteiger partial charge in [0.15, 0.2) is 0 Å². The molecule has 2 heterocycles. The number of hydrogen-bond donors (Lipinski definition) is 0. The van der Waals surface area contributed by atoms with Crippen LogP contribution >= 0.6 is 0 Å². The molecule has 9 heteroatoms. The lowest BCUT2D eigenvalue weighted by Gasteiger charge is -2.35. The second kappa shape index (κ2) is 9.62. The Morgan fingerprint density at radius 2 is 1.30 bits per heavy atom. The molecule has 2 fully saturated rings. The summed E-state index contributed by atoms with van der Waals surface area (Å²) in [6, 6.07) is 15.3. The van der Waals surface area contributed by atoms with E-state index in [1.54, 1.807) is 34.1 Å². The van der Waals surface area contributed by atoms with E-state index < -0.39 is 10.0 Å². The lowest BCUT2D eigenvalue weighted by Crippen LogP contribution is -2.50. The summed E-state index contributed by atoms with van der Waals surface area (Å²) in [6.45, 7) is 5.91. The Hall–Kier alpha value is -2.75. The zero-order chi connectivity index (χ0) is 23.6. The fourth-order valence-corrected chi connectivity index (χ4v) is 5.96. The maximum Gasteiger partial charge on any atom is 0.254 e. The summed E-state index contributed by atoms with van der Waals surface area (Å²) in [5.74, 6) is -0.285. The zero-order valence-electron chi connectivity index (χ0n) is 18.9. The molecule has 2 aromatic carbocycles. The molecule has 33 heavy (non-hydrogen) atoms. The first kappa shape index (κ1) is 23.4. The summed E-state index contributed by atoms with van der Waals surface area (Å²) in [6.07, 6.45) is -0.383. The first-order chi connectivity index (χ1) is 15.8. The Labute approximate surface area is 194 Å². The third-order valence-corrected chi connectivity index (χ3v) is 7.81. The summed E-state index contributed by atoms with van der Waals surface area (Å²) in [7, 11) is -3.74. The number of carbonyl (C=O) groups is 2. The molecule has 0 N–H and O–H groups in total. The molecule has 2 amide bonds. The highest BCUT2D eigenvalue weighted by atomic mass is 32.2. The predicted octanol–water partition coefficient (Wildman–Crippen LogP) is 2.08. The van der Waals surface area contributed by atoms with Crippen molar-refractivity contribution in [3.63, 3.8) is 0 Å². The molecule has 2 atom stereocenters. The average molecular weight is 472 g/mol. The topological polar surface area (TPSA) is 87.2 Å². The molecule has 0 aliphatic carbocycles. The second-order valence-corrected chi connectivity index (χ2v) is 10.5. The van der Waals surface area contributed by atoms with E-state index in [4.69, 9.17) is 4.74 Å².